The van der Waals surface area contributed by atoms with Gasteiger partial charge in [0.1, 0.15) is 17.6 Å². The van der Waals surface area contributed by atoms with Crippen molar-refractivity contribution in [1.29, 1.82) is 0 Å². The predicted molar refractivity (Wildman–Crippen MR) is 77.7 cm³/mol. The molecule has 0 aliphatic heterocycles. The fourth-order valence-electron chi connectivity index (χ4n) is 2.46. The molecule has 1 unspecified atom stereocenters. The molecule has 116 valence electrons. The van der Waals surface area contributed by atoms with Crippen molar-refractivity contribution in [3.63, 3.8) is 0 Å². The number of Topliss-reactive ketones (excluding diaryl/α,β-unsaturated/α-hetero) is 2. The highest BCUT2D eigenvalue weighted by molar-refractivity contribution is 6.52. The zero-order valence-electron chi connectivity index (χ0n) is 12.5. The molecule has 1 atom stereocenters. The summed E-state index contributed by atoms with van der Waals surface area (Å²) in [4.78, 5) is 35.4. The topological polar surface area (TPSA) is 89.9 Å². The zero-order chi connectivity index (χ0) is 16.4. The van der Waals surface area contributed by atoms with Crippen molar-refractivity contribution in [3.8, 4) is 5.75 Å². The van der Waals surface area contributed by atoms with Gasteiger partial charge in [-0.1, -0.05) is 12.1 Å². The first-order valence-corrected chi connectivity index (χ1v) is 6.72. The molecule has 0 bridgehead atoms. The molecule has 0 aromatic heterocycles. The maximum Gasteiger partial charge on any atom is 0.302 e. The molecule has 1 aliphatic rings. The average Bonchev–Trinajstić information content (AvgIpc) is 2.47. The van der Waals surface area contributed by atoms with Crippen molar-refractivity contribution in [2.75, 3.05) is 7.11 Å². The zero-order valence-corrected chi connectivity index (χ0v) is 12.5. The van der Waals surface area contributed by atoms with Gasteiger partial charge >= 0.3 is 5.97 Å². The van der Waals surface area contributed by atoms with Gasteiger partial charge in [-0.25, -0.2) is 0 Å². The summed E-state index contributed by atoms with van der Waals surface area (Å²) >= 11 is 0. The Labute approximate surface area is 127 Å². The molecule has 22 heavy (non-hydrogen) atoms. The lowest BCUT2D eigenvalue weighted by Crippen LogP contribution is -2.27. The third-order valence-electron chi connectivity index (χ3n) is 3.35. The Morgan fingerprint density at radius 3 is 2.55 bits per heavy atom. The smallest absolute Gasteiger partial charge is 0.302 e. The standard InChI is InChI=1S/C16H16O6/c1-8(22-9(2)17)7-11-14(18)10-5-4-6-12(21-3)13(10)16(20)15(11)19/h4-6,8,18H,7H2,1-3H3. The molecule has 0 spiro atoms. The van der Waals surface area contributed by atoms with Crippen LogP contribution in [0.1, 0.15) is 36.2 Å². The van der Waals surface area contributed by atoms with E-state index in [0.717, 1.165) is 0 Å². The molecular weight excluding hydrogens is 288 g/mol. The first kappa shape index (κ1) is 15.8. The number of rotatable bonds is 4. The van der Waals surface area contributed by atoms with Crippen LogP contribution in [0.3, 0.4) is 0 Å². The van der Waals surface area contributed by atoms with E-state index in [1.165, 1.54) is 20.1 Å². The Hall–Kier alpha value is -2.63. The number of methoxy groups -OCH3 is 1. The van der Waals surface area contributed by atoms with Crippen LogP contribution in [-0.2, 0) is 14.3 Å². The second-order valence-corrected chi connectivity index (χ2v) is 4.99. The molecule has 0 saturated carbocycles. The van der Waals surface area contributed by atoms with Crippen LogP contribution in [0.4, 0.5) is 0 Å². The van der Waals surface area contributed by atoms with Gasteiger partial charge in [-0.3, -0.25) is 14.4 Å². The summed E-state index contributed by atoms with van der Waals surface area (Å²) in [5.41, 5.74) is 0.241. The molecule has 0 saturated heterocycles. The number of aliphatic hydroxyl groups is 1. The van der Waals surface area contributed by atoms with Gasteiger partial charge in [0.25, 0.3) is 0 Å². The molecule has 1 N–H and O–H groups in total. The maximum atomic E-state index is 12.3. The summed E-state index contributed by atoms with van der Waals surface area (Å²) in [7, 11) is 1.38. The molecule has 2 rings (SSSR count). The van der Waals surface area contributed by atoms with E-state index < -0.39 is 23.6 Å². The number of ether oxygens (including phenoxy) is 2. The SMILES string of the molecule is COc1cccc2c1C(=O)C(=O)C(CC(C)OC(C)=O)=C2O. The third kappa shape index (κ3) is 2.72. The molecule has 1 aliphatic carbocycles. The van der Waals surface area contributed by atoms with Crippen LogP contribution in [0.25, 0.3) is 5.76 Å². The Morgan fingerprint density at radius 1 is 1.27 bits per heavy atom. The number of hydrogen-bond donors (Lipinski definition) is 1. The lowest BCUT2D eigenvalue weighted by Gasteiger charge is -2.21. The van der Waals surface area contributed by atoms with Crippen molar-refractivity contribution in [2.24, 2.45) is 0 Å². The number of ketones is 2. The van der Waals surface area contributed by atoms with Gasteiger partial charge in [-0.15, -0.1) is 0 Å². The van der Waals surface area contributed by atoms with Crippen LogP contribution in [-0.4, -0.2) is 35.9 Å². The Bertz CT molecular complexity index is 686. The van der Waals surface area contributed by atoms with E-state index in [0.29, 0.717) is 0 Å². The minimum absolute atomic E-state index is 0.0351. The van der Waals surface area contributed by atoms with Gasteiger partial charge in [-0.05, 0) is 13.0 Å². The molecule has 0 heterocycles. The molecular formula is C16H16O6. The fraction of sp³-hybridized carbons (Fsp3) is 0.312. The monoisotopic (exact) mass is 304 g/mol. The average molecular weight is 304 g/mol. The van der Waals surface area contributed by atoms with Gasteiger partial charge in [0.05, 0.1) is 12.7 Å². The summed E-state index contributed by atoms with van der Waals surface area (Å²) in [6.45, 7) is 2.83. The van der Waals surface area contributed by atoms with Gasteiger partial charge < -0.3 is 14.6 Å². The van der Waals surface area contributed by atoms with E-state index in [1.54, 1.807) is 19.1 Å². The first-order chi connectivity index (χ1) is 10.4. The van der Waals surface area contributed by atoms with Crippen molar-refractivity contribution >= 4 is 23.3 Å². The molecule has 1 aromatic carbocycles. The highest BCUT2D eigenvalue weighted by atomic mass is 16.5. The molecule has 1 aromatic rings. The van der Waals surface area contributed by atoms with E-state index in [1.807, 2.05) is 0 Å². The highest BCUT2D eigenvalue weighted by Crippen LogP contribution is 2.35. The van der Waals surface area contributed by atoms with Gasteiger partial charge in [-0.2, -0.15) is 0 Å². The van der Waals surface area contributed by atoms with Crippen LogP contribution in [0.2, 0.25) is 0 Å². The Balaban J connectivity index is 2.48. The molecule has 0 amide bonds. The minimum atomic E-state index is -0.812. The molecule has 0 fully saturated rings. The van der Waals surface area contributed by atoms with Crippen LogP contribution in [0, 0.1) is 0 Å². The Morgan fingerprint density at radius 2 is 1.95 bits per heavy atom. The molecule has 6 nitrogen and oxygen atoms in total. The number of esters is 1. The number of carbonyl (C=O) groups excluding carboxylic acids is 3. The lowest BCUT2D eigenvalue weighted by atomic mass is 9.85. The van der Waals surface area contributed by atoms with Crippen molar-refractivity contribution in [2.45, 2.75) is 26.4 Å². The van der Waals surface area contributed by atoms with E-state index in [-0.39, 0.29) is 34.6 Å². The van der Waals surface area contributed by atoms with Crippen LogP contribution >= 0.6 is 0 Å². The number of fused-ring (bicyclic) bond motifs is 1. The van der Waals surface area contributed by atoms with Crippen LogP contribution in [0.15, 0.2) is 23.8 Å². The van der Waals surface area contributed by atoms with Gasteiger partial charge in [0.2, 0.25) is 11.6 Å². The second-order valence-electron chi connectivity index (χ2n) is 4.99. The number of benzene rings is 1. The second kappa shape index (κ2) is 6.01. The quantitative estimate of drug-likeness (QED) is 0.676. The van der Waals surface area contributed by atoms with Gasteiger partial charge in [0.15, 0.2) is 0 Å². The van der Waals surface area contributed by atoms with E-state index in [4.69, 9.17) is 9.47 Å². The van der Waals surface area contributed by atoms with Crippen molar-refractivity contribution < 1.29 is 29.0 Å². The third-order valence-corrected chi connectivity index (χ3v) is 3.35. The summed E-state index contributed by atoms with van der Waals surface area (Å²) in [5.74, 6) is -2.10. The van der Waals surface area contributed by atoms with Crippen molar-refractivity contribution in [1.82, 2.24) is 0 Å². The number of hydrogen-bond acceptors (Lipinski definition) is 6. The minimum Gasteiger partial charge on any atom is -0.507 e. The summed E-state index contributed by atoms with van der Waals surface area (Å²) in [5, 5.41) is 10.3. The summed E-state index contributed by atoms with van der Waals surface area (Å²) in [6.07, 6.45) is -0.661. The summed E-state index contributed by atoms with van der Waals surface area (Å²) < 4.78 is 10.0. The fourth-order valence-corrected chi connectivity index (χ4v) is 2.46. The van der Waals surface area contributed by atoms with E-state index in [2.05, 4.69) is 0 Å². The molecule has 0 radical (unpaired) electrons. The van der Waals surface area contributed by atoms with E-state index in [9.17, 15) is 19.5 Å². The summed E-state index contributed by atoms with van der Waals surface area (Å²) in [6, 6.07) is 4.70. The van der Waals surface area contributed by atoms with Gasteiger partial charge in [0, 0.05) is 24.5 Å². The highest BCUT2D eigenvalue weighted by Gasteiger charge is 2.35. The lowest BCUT2D eigenvalue weighted by molar-refractivity contribution is -0.145. The number of carbonyl (C=O) groups is 3. The Kier molecular flexibility index (Phi) is 4.30. The predicted octanol–water partition coefficient (Wildman–Crippen LogP) is 2.07. The number of aliphatic hydroxyl groups excluding tert-OH is 1. The largest absolute Gasteiger partial charge is 0.507 e. The maximum absolute atomic E-state index is 12.3. The molecule has 6 heteroatoms. The first-order valence-electron chi connectivity index (χ1n) is 6.72. The van der Waals surface area contributed by atoms with E-state index >= 15 is 0 Å². The van der Waals surface area contributed by atoms with Crippen molar-refractivity contribution in [3.05, 3.63) is 34.9 Å². The van der Waals surface area contributed by atoms with Crippen LogP contribution in [0.5, 0.6) is 5.75 Å². The van der Waals surface area contributed by atoms with Crippen LogP contribution < -0.4 is 4.74 Å². The normalized spacial score (nSPS) is 15.4.